The van der Waals surface area contributed by atoms with E-state index in [0.29, 0.717) is 0 Å². The Morgan fingerprint density at radius 1 is 1.00 bits per heavy atom. The number of aromatic nitrogens is 2. The monoisotopic (exact) mass is 346 g/mol. The molecule has 3 heterocycles. The summed E-state index contributed by atoms with van der Waals surface area (Å²) < 4.78 is 1.27. The Labute approximate surface area is 152 Å². The molecule has 0 saturated heterocycles. The van der Waals surface area contributed by atoms with Crippen LogP contribution >= 0.6 is 11.3 Å². The van der Waals surface area contributed by atoms with Gasteiger partial charge in [-0.2, -0.15) is 0 Å². The van der Waals surface area contributed by atoms with Crippen LogP contribution in [-0.2, 0) is 6.42 Å². The number of hydrogen-bond acceptors (Lipinski definition) is 3. The Balaban J connectivity index is 1.89. The molecule has 4 rings (SSSR count). The highest BCUT2D eigenvalue weighted by Crippen LogP contribution is 2.38. The van der Waals surface area contributed by atoms with Crippen LogP contribution in [0, 0.1) is 12.3 Å². The quantitative estimate of drug-likeness (QED) is 0.419. The third-order valence-corrected chi connectivity index (χ3v) is 5.49. The van der Waals surface area contributed by atoms with E-state index in [1.165, 1.54) is 26.6 Å². The number of thiophene rings is 1. The van der Waals surface area contributed by atoms with Gasteiger partial charge in [0.1, 0.15) is 4.83 Å². The molecule has 0 amide bonds. The molecule has 2 nitrogen and oxygen atoms in total. The van der Waals surface area contributed by atoms with Gasteiger partial charge in [-0.1, -0.05) is 39.0 Å². The minimum absolute atomic E-state index is 0.268. The van der Waals surface area contributed by atoms with Crippen molar-refractivity contribution in [2.75, 3.05) is 0 Å². The van der Waals surface area contributed by atoms with Crippen LogP contribution in [0.15, 0.2) is 48.7 Å². The van der Waals surface area contributed by atoms with Gasteiger partial charge in [0.2, 0.25) is 0 Å². The lowest BCUT2D eigenvalue weighted by Crippen LogP contribution is -2.09. The molecule has 0 spiro atoms. The summed E-state index contributed by atoms with van der Waals surface area (Å²) in [5, 5.41) is 2.51. The molecule has 0 unspecified atom stereocenters. The number of benzene rings is 1. The van der Waals surface area contributed by atoms with Crippen molar-refractivity contribution in [1.29, 1.82) is 0 Å². The molecule has 0 bridgehead atoms. The van der Waals surface area contributed by atoms with Crippen LogP contribution in [0.2, 0.25) is 0 Å². The fourth-order valence-electron chi connectivity index (χ4n) is 3.32. The molecule has 0 aliphatic rings. The Morgan fingerprint density at radius 3 is 2.64 bits per heavy atom. The van der Waals surface area contributed by atoms with Gasteiger partial charge in [-0.25, -0.2) is 4.98 Å². The predicted octanol–water partition coefficient (Wildman–Crippen LogP) is 6.41. The first-order valence-electron chi connectivity index (χ1n) is 8.65. The minimum atomic E-state index is 0.268. The van der Waals surface area contributed by atoms with Gasteiger partial charge in [-0.15, -0.1) is 11.3 Å². The van der Waals surface area contributed by atoms with Crippen molar-refractivity contribution in [2.45, 2.75) is 34.1 Å². The average molecular weight is 346 g/mol. The van der Waals surface area contributed by atoms with Gasteiger partial charge in [0.25, 0.3) is 0 Å². The summed E-state index contributed by atoms with van der Waals surface area (Å²) in [6, 6.07) is 15.1. The van der Waals surface area contributed by atoms with Gasteiger partial charge in [0.15, 0.2) is 0 Å². The molecule has 0 saturated carbocycles. The van der Waals surface area contributed by atoms with Crippen molar-refractivity contribution in [1.82, 2.24) is 9.97 Å². The summed E-state index contributed by atoms with van der Waals surface area (Å²) in [6.07, 6.45) is 2.98. The molecular formula is C22H22N2S. The molecule has 0 aliphatic heterocycles. The van der Waals surface area contributed by atoms with Crippen LogP contribution < -0.4 is 0 Å². The van der Waals surface area contributed by atoms with Crippen LogP contribution in [0.25, 0.3) is 31.6 Å². The second kappa shape index (κ2) is 5.92. The number of pyridine rings is 2. The molecule has 3 aromatic heterocycles. The predicted molar refractivity (Wildman–Crippen MR) is 108 cm³/mol. The van der Waals surface area contributed by atoms with Crippen molar-refractivity contribution < 1.29 is 0 Å². The molecule has 0 aliphatic carbocycles. The summed E-state index contributed by atoms with van der Waals surface area (Å²) >= 11 is 1.77. The van der Waals surface area contributed by atoms with Gasteiger partial charge in [0, 0.05) is 32.9 Å². The topological polar surface area (TPSA) is 25.8 Å². The minimum Gasteiger partial charge on any atom is -0.256 e. The molecule has 126 valence electrons. The first kappa shape index (κ1) is 16.2. The van der Waals surface area contributed by atoms with E-state index in [-0.39, 0.29) is 5.41 Å². The van der Waals surface area contributed by atoms with E-state index in [1.807, 2.05) is 13.1 Å². The van der Waals surface area contributed by atoms with Crippen molar-refractivity contribution >= 4 is 31.6 Å². The lowest BCUT2D eigenvalue weighted by atomic mass is 9.88. The highest BCUT2D eigenvalue weighted by atomic mass is 32.1. The third kappa shape index (κ3) is 3.16. The second-order valence-corrected chi connectivity index (χ2v) is 8.88. The Hall–Kier alpha value is -2.26. The maximum absolute atomic E-state index is 4.71. The lowest BCUT2D eigenvalue weighted by Gasteiger charge is -2.18. The summed E-state index contributed by atoms with van der Waals surface area (Å²) in [5.74, 6) is 0. The fraction of sp³-hybridized carbons (Fsp3) is 0.273. The number of fused-ring (bicyclic) bond motifs is 3. The molecule has 25 heavy (non-hydrogen) atoms. The Kier molecular flexibility index (Phi) is 3.84. The zero-order valence-corrected chi connectivity index (χ0v) is 15.9. The molecule has 0 N–H and O–H groups in total. The summed E-state index contributed by atoms with van der Waals surface area (Å²) in [6.45, 7) is 8.86. The zero-order chi connectivity index (χ0) is 17.6. The first-order valence-corrected chi connectivity index (χ1v) is 9.46. The molecule has 4 aromatic rings. The highest BCUT2D eigenvalue weighted by Gasteiger charge is 2.15. The van der Waals surface area contributed by atoms with Crippen molar-refractivity contribution in [3.63, 3.8) is 0 Å². The molecule has 0 atom stereocenters. The molecular weight excluding hydrogens is 324 g/mol. The van der Waals surface area contributed by atoms with E-state index in [0.717, 1.165) is 22.6 Å². The highest BCUT2D eigenvalue weighted by molar-refractivity contribution is 7.26. The number of nitrogens with zero attached hydrogens (tertiary/aromatic N) is 2. The van der Waals surface area contributed by atoms with Gasteiger partial charge in [-0.05, 0) is 48.6 Å². The van der Waals surface area contributed by atoms with Crippen molar-refractivity contribution in [3.05, 3.63) is 59.9 Å². The zero-order valence-electron chi connectivity index (χ0n) is 15.1. The van der Waals surface area contributed by atoms with E-state index in [2.05, 4.69) is 68.2 Å². The van der Waals surface area contributed by atoms with Crippen LogP contribution in [0.4, 0.5) is 0 Å². The van der Waals surface area contributed by atoms with E-state index in [4.69, 9.17) is 4.98 Å². The van der Waals surface area contributed by atoms with Crippen LogP contribution in [0.3, 0.4) is 0 Å². The maximum atomic E-state index is 4.71. The SMILES string of the molecule is Cc1ccc2c(n1)sc1c(-c3cc(CC(C)(C)C)ccn3)cccc12. The van der Waals surface area contributed by atoms with Crippen molar-refractivity contribution in [2.24, 2.45) is 5.41 Å². The molecule has 0 radical (unpaired) electrons. The van der Waals surface area contributed by atoms with Crippen LogP contribution in [0.5, 0.6) is 0 Å². The smallest absolute Gasteiger partial charge is 0.124 e. The van der Waals surface area contributed by atoms with E-state index in [1.54, 1.807) is 11.3 Å². The molecule has 1 aromatic carbocycles. The van der Waals surface area contributed by atoms with E-state index >= 15 is 0 Å². The van der Waals surface area contributed by atoms with Crippen LogP contribution in [-0.4, -0.2) is 9.97 Å². The van der Waals surface area contributed by atoms with Gasteiger partial charge in [-0.3, -0.25) is 4.98 Å². The average Bonchev–Trinajstić information content (AvgIpc) is 2.90. The van der Waals surface area contributed by atoms with Gasteiger partial charge < -0.3 is 0 Å². The maximum Gasteiger partial charge on any atom is 0.124 e. The molecule has 3 heteroatoms. The summed E-state index contributed by atoms with van der Waals surface area (Å²) in [7, 11) is 0. The third-order valence-electron chi connectivity index (χ3n) is 4.34. The van der Waals surface area contributed by atoms with E-state index < -0.39 is 0 Å². The van der Waals surface area contributed by atoms with E-state index in [9.17, 15) is 0 Å². The molecule has 0 fully saturated rings. The van der Waals surface area contributed by atoms with Crippen LogP contribution in [0.1, 0.15) is 32.0 Å². The van der Waals surface area contributed by atoms with Gasteiger partial charge in [0.05, 0.1) is 5.69 Å². The fourth-order valence-corrected chi connectivity index (χ4v) is 4.56. The number of rotatable bonds is 2. The number of hydrogen-bond donors (Lipinski definition) is 0. The Bertz CT molecular complexity index is 1070. The number of aryl methyl sites for hydroxylation is 1. The second-order valence-electron chi connectivity index (χ2n) is 7.88. The standard InChI is InChI=1S/C22H22N2S/c1-14-8-9-17-16-6-5-7-18(20(16)25-21(17)24-14)19-12-15(10-11-23-19)13-22(2,3)4/h5-12H,13H2,1-4H3. The summed E-state index contributed by atoms with van der Waals surface area (Å²) in [4.78, 5) is 10.5. The van der Waals surface area contributed by atoms with Gasteiger partial charge >= 0.3 is 0 Å². The largest absolute Gasteiger partial charge is 0.256 e. The Morgan fingerprint density at radius 2 is 1.84 bits per heavy atom. The normalized spacial score (nSPS) is 12.2. The summed E-state index contributed by atoms with van der Waals surface area (Å²) in [5.41, 5.74) is 4.92. The lowest BCUT2D eigenvalue weighted by molar-refractivity contribution is 0.411. The first-order chi connectivity index (χ1) is 11.9. The van der Waals surface area contributed by atoms with Crippen molar-refractivity contribution in [3.8, 4) is 11.3 Å².